The number of ether oxygens (including phenoxy) is 2. The molecule has 2 N–H and O–H groups in total. The number of hydrazone groups is 1. The molecule has 0 atom stereocenters. The van der Waals surface area contributed by atoms with Crippen molar-refractivity contribution in [1.82, 2.24) is 5.43 Å². The number of rotatable bonds is 7. The summed E-state index contributed by atoms with van der Waals surface area (Å²) in [6, 6.07) is 12.4. The van der Waals surface area contributed by atoms with E-state index in [1.807, 2.05) is 18.2 Å². The Kier molecular flexibility index (Phi) is 6.19. The molecule has 0 aliphatic carbocycles. The van der Waals surface area contributed by atoms with Crippen LogP contribution >= 0.6 is 0 Å². The number of phenolic OH excluding ortho intramolecular Hbond substituents is 1. The number of aromatic hydroxyl groups is 1. The highest BCUT2D eigenvalue weighted by molar-refractivity contribution is 5.83. The van der Waals surface area contributed by atoms with Crippen molar-refractivity contribution in [2.45, 2.75) is 13.3 Å². The lowest BCUT2D eigenvalue weighted by molar-refractivity contribution is -0.123. The first-order chi connectivity index (χ1) is 11.6. The zero-order valence-corrected chi connectivity index (χ0v) is 13.7. The van der Waals surface area contributed by atoms with E-state index in [1.54, 1.807) is 18.2 Å². The van der Waals surface area contributed by atoms with Gasteiger partial charge in [0.15, 0.2) is 18.1 Å². The SMILES string of the molecule is CCc1cccc(OCC(=O)N/N=C/c2ccc(OC)c(O)c2)c1. The molecule has 0 radical (unpaired) electrons. The van der Waals surface area contributed by atoms with E-state index in [1.165, 1.54) is 19.4 Å². The third kappa shape index (κ3) is 5.01. The molecule has 2 aromatic rings. The quantitative estimate of drug-likeness (QED) is 0.604. The molecule has 0 saturated carbocycles. The van der Waals surface area contributed by atoms with Crippen LogP contribution in [0.5, 0.6) is 17.2 Å². The summed E-state index contributed by atoms with van der Waals surface area (Å²) in [5.41, 5.74) is 4.14. The predicted octanol–water partition coefficient (Wildman–Crippen LogP) is 2.49. The summed E-state index contributed by atoms with van der Waals surface area (Å²) in [5.74, 6) is 0.658. The highest BCUT2D eigenvalue weighted by Gasteiger charge is 2.03. The van der Waals surface area contributed by atoms with E-state index in [-0.39, 0.29) is 18.3 Å². The van der Waals surface area contributed by atoms with Gasteiger partial charge in [-0.15, -0.1) is 0 Å². The number of methoxy groups -OCH3 is 1. The zero-order chi connectivity index (χ0) is 17.4. The molecule has 0 aromatic heterocycles. The van der Waals surface area contributed by atoms with Gasteiger partial charge in [-0.1, -0.05) is 19.1 Å². The van der Waals surface area contributed by atoms with Crippen molar-refractivity contribution in [2.75, 3.05) is 13.7 Å². The monoisotopic (exact) mass is 328 g/mol. The largest absolute Gasteiger partial charge is 0.504 e. The Hall–Kier alpha value is -3.02. The van der Waals surface area contributed by atoms with Gasteiger partial charge in [0, 0.05) is 0 Å². The van der Waals surface area contributed by atoms with Crippen molar-refractivity contribution in [2.24, 2.45) is 5.10 Å². The van der Waals surface area contributed by atoms with Crippen LogP contribution in [0.2, 0.25) is 0 Å². The maximum atomic E-state index is 11.7. The lowest BCUT2D eigenvalue weighted by atomic mass is 10.2. The molecule has 6 nitrogen and oxygen atoms in total. The maximum Gasteiger partial charge on any atom is 0.277 e. The van der Waals surface area contributed by atoms with Crippen LogP contribution in [-0.4, -0.2) is 30.9 Å². The number of hydrogen-bond donors (Lipinski definition) is 2. The second-order valence-corrected chi connectivity index (χ2v) is 5.01. The lowest BCUT2D eigenvalue weighted by Gasteiger charge is -2.06. The van der Waals surface area contributed by atoms with E-state index in [2.05, 4.69) is 17.5 Å². The molecule has 0 fully saturated rings. The summed E-state index contributed by atoms with van der Waals surface area (Å²) in [7, 11) is 1.47. The Balaban J connectivity index is 1.83. The minimum atomic E-state index is -0.370. The van der Waals surface area contributed by atoms with Crippen LogP contribution in [0.15, 0.2) is 47.6 Å². The van der Waals surface area contributed by atoms with Gasteiger partial charge in [0.1, 0.15) is 5.75 Å². The van der Waals surface area contributed by atoms with Crippen LogP contribution < -0.4 is 14.9 Å². The van der Waals surface area contributed by atoms with Gasteiger partial charge >= 0.3 is 0 Å². The summed E-state index contributed by atoms with van der Waals surface area (Å²) in [4.78, 5) is 11.7. The van der Waals surface area contributed by atoms with Gasteiger partial charge in [-0.25, -0.2) is 5.43 Å². The summed E-state index contributed by atoms with van der Waals surface area (Å²) in [5, 5.41) is 13.5. The molecule has 0 bridgehead atoms. The second-order valence-electron chi connectivity index (χ2n) is 5.01. The van der Waals surface area contributed by atoms with Crippen molar-refractivity contribution in [3.63, 3.8) is 0 Å². The molecule has 24 heavy (non-hydrogen) atoms. The molecule has 0 aliphatic heterocycles. The van der Waals surface area contributed by atoms with E-state index >= 15 is 0 Å². The Labute approximate surface area is 140 Å². The van der Waals surface area contributed by atoms with Crippen molar-refractivity contribution in [3.05, 3.63) is 53.6 Å². The summed E-state index contributed by atoms with van der Waals surface area (Å²) < 4.78 is 10.4. The van der Waals surface area contributed by atoms with Gasteiger partial charge in [0.25, 0.3) is 5.91 Å². The number of carbonyl (C=O) groups excluding carboxylic acids is 1. The highest BCUT2D eigenvalue weighted by Crippen LogP contribution is 2.25. The van der Waals surface area contributed by atoms with E-state index in [4.69, 9.17) is 9.47 Å². The number of carbonyl (C=O) groups is 1. The minimum Gasteiger partial charge on any atom is -0.504 e. The van der Waals surface area contributed by atoms with Gasteiger partial charge in [-0.3, -0.25) is 4.79 Å². The first-order valence-electron chi connectivity index (χ1n) is 7.53. The fraction of sp³-hybridized carbons (Fsp3) is 0.222. The van der Waals surface area contributed by atoms with Gasteiger partial charge < -0.3 is 14.6 Å². The fourth-order valence-corrected chi connectivity index (χ4v) is 2.00. The smallest absolute Gasteiger partial charge is 0.277 e. The standard InChI is InChI=1S/C18H20N2O4/c1-3-13-5-4-6-15(9-13)24-12-18(22)20-19-11-14-7-8-17(23-2)16(21)10-14/h4-11,21H,3,12H2,1-2H3,(H,20,22)/b19-11+. The average molecular weight is 328 g/mol. The van der Waals surface area contributed by atoms with Crippen molar-refractivity contribution < 1.29 is 19.4 Å². The third-order valence-corrected chi connectivity index (χ3v) is 3.28. The number of benzene rings is 2. The molecule has 6 heteroatoms. The lowest BCUT2D eigenvalue weighted by Crippen LogP contribution is -2.24. The Morgan fingerprint density at radius 1 is 1.29 bits per heavy atom. The van der Waals surface area contributed by atoms with Gasteiger partial charge in [-0.05, 0) is 47.9 Å². The van der Waals surface area contributed by atoms with Crippen molar-refractivity contribution in [1.29, 1.82) is 0 Å². The van der Waals surface area contributed by atoms with Crippen molar-refractivity contribution >= 4 is 12.1 Å². The first-order valence-corrected chi connectivity index (χ1v) is 7.53. The molecule has 0 heterocycles. The number of aryl methyl sites for hydroxylation is 1. The third-order valence-electron chi connectivity index (χ3n) is 3.28. The van der Waals surface area contributed by atoms with Crippen LogP contribution in [0.4, 0.5) is 0 Å². The van der Waals surface area contributed by atoms with E-state index in [0.29, 0.717) is 17.1 Å². The molecule has 0 unspecified atom stereocenters. The van der Waals surface area contributed by atoms with Crippen LogP contribution in [0.3, 0.4) is 0 Å². The number of nitrogens with zero attached hydrogens (tertiary/aromatic N) is 1. The van der Waals surface area contributed by atoms with Crippen LogP contribution in [0.1, 0.15) is 18.1 Å². The summed E-state index contributed by atoms with van der Waals surface area (Å²) in [6.07, 6.45) is 2.33. The molecule has 0 aliphatic rings. The molecule has 126 valence electrons. The molecular weight excluding hydrogens is 308 g/mol. The highest BCUT2D eigenvalue weighted by atomic mass is 16.5. The molecule has 1 amide bonds. The molecule has 0 spiro atoms. The summed E-state index contributed by atoms with van der Waals surface area (Å²) >= 11 is 0. The molecular formula is C18H20N2O4. The van der Waals surface area contributed by atoms with Gasteiger partial charge in [-0.2, -0.15) is 5.10 Å². The number of hydrogen-bond acceptors (Lipinski definition) is 5. The predicted molar refractivity (Wildman–Crippen MR) is 91.7 cm³/mol. The average Bonchev–Trinajstić information content (AvgIpc) is 2.60. The Bertz CT molecular complexity index is 729. The van der Waals surface area contributed by atoms with Crippen LogP contribution in [0.25, 0.3) is 0 Å². The number of nitrogens with one attached hydrogen (secondary N) is 1. The fourth-order valence-electron chi connectivity index (χ4n) is 2.00. The van der Waals surface area contributed by atoms with E-state index < -0.39 is 0 Å². The molecule has 2 rings (SSSR count). The van der Waals surface area contributed by atoms with Gasteiger partial charge in [0.2, 0.25) is 0 Å². The van der Waals surface area contributed by atoms with Crippen molar-refractivity contribution in [3.8, 4) is 17.2 Å². The minimum absolute atomic E-state index is 0.00640. The second kappa shape index (κ2) is 8.57. The summed E-state index contributed by atoms with van der Waals surface area (Å²) in [6.45, 7) is 1.93. The Morgan fingerprint density at radius 2 is 2.12 bits per heavy atom. The molecule has 2 aromatic carbocycles. The normalized spacial score (nSPS) is 10.6. The van der Waals surface area contributed by atoms with E-state index in [9.17, 15) is 9.90 Å². The number of phenols is 1. The Morgan fingerprint density at radius 3 is 2.83 bits per heavy atom. The number of amides is 1. The zero-order valence-electron chi connectivity index (χ0n) is 13.7. The van der Waals surface area contributed by atoms with Crippen LogP contribution in [-0.2, 0) is 11.2 Å². The first kappa shape index (κ1) is 17.3. The molecule has 0 saturated heterocycles. The topological polar surface area (TPSA) is 80.2 Å². The maximum absolute atomic E-state index is 11.7. The van der Waals surface area contributed by atoms with Crippen LogP contribution in [0, 0.1) is 0 Å². The van der Waals surface area contributed by atoms with E-state index in [0.717, 1.165) is 12.0 Å². The van der Waals surface area contributed by atoms with Gasteiger partial charge in [0.05, 0.1) is 13.3 Å².